The van der Waals surface area contributed by atoms with Crippen LogP contribution in [0.2, 0.25) is 0 Å². The van der Waals surface area contributed by atoms with Crippen LogP contribution in [0.4, 0.5) is 11.5 Å². The molecule has 4 nitrogen and oxygen atoms in total. The highest BCUT2D eigenvalue weighted by Crippen LogP contribution is 2.26. The number of hydrogen-bond donors (Lipinski definition) is 1. The Hall–Kier alpha value is -1.75. The second-order valence-corrected chi connectivity index (χ2v) is 6.55. The van der Waals surface area contributed by atoms with Crippen molar-refractivity contribution >= 4 is 22.8 Å². The Morgan fingerprint density at radius 1 is 1.30 bits per heavy atom. The van der Waals surface area contributed by atoms with E-state index in [0.29, 0.717) is 11.6 Å². The van der Waals surface area contributed by atoms with Gasteiger partial charge in [-0.2, -0.15) is 16.3 Å². The van der Waals surface area contributed by atoms with Crippen molar-refractivity contribution in [2.75, 3.05) is 17.7 Å². The van der Waals surface area contributed by atoms with E-state index in [9.17, 15) is 0 Å². The zero-order valence-electron chi connectivity index (χ0n) is 12.4. The van der Waals surface area contributed by atoms with Gasteiger partial charge in [0, 0.05) is 13.6 Å². The van der Waals surface area contributed by atoms with Crippen molar-refractivity contribution in [1.29, 1.82) is 0 Å². The molecule has 0 fully saturated rings. The van der Waals surface area contributed by atoms with Crippen molar-refractivity contribution in [3.63, 3.8) is 0 Å². The summed E-state index contributed by atoms with van der Waals surface area (Å²) in [5.41, 5.74) is 7.45. The van der Waals surface area contributed by atoms with E-state index in [1.54, 1.807) is 11.3 Å². The normalized spacial score (nSPS) is 11.4. The Bertz CT molecular complexity index is 561. The minimum Gasteiger partial charge on any atom is -0.470 e. The van der Waals surface area contributed by atoms with Crippen LogP contribution in [0.25, 0.3) is 0 Å². The van der Waals surface area contributed by atoms with E-state index in [1.165, 1.54) is 5.56 Å². The molecule has 0 amide bonds. The highest BCUT2D eigenvalue weighted by atomic mass is 32.1. The van der Waals surface area contributed by atoms with E-state index >= 15 is 0 Å². The molecule has 2 aromatic heterocycles. The highest BCUT2D eigenvalue weighted by molar-refractivity contribution is 7.07. The van der Waals surface area contributed by atoms with Gasteiger partial charge in [-0.15, -0.1) is 0 Å². The first-order chi connectivity index (χ1) is 9.35. The smallest absolute Gasteiger partial charge is 0.239 e. The summed E-state index contributed by atoms with van der Waals surface area (Å²) in [4.78, 5) is 6.60. The maximum Gasteiger partial charge on any atom is 0.239 e. The summed E-state index contributed by atoms with van der Waals surface area (Å²) in [6, 6.07) is 5.87. The number of hydrogen-bond acceptors (Lipinski definition) is 5. The maximum absolute atomic E-state index is 5.93. The summed E-state index contributed by atoms with van der Waals surface area (Å²) in [5.74, 6) is 1.34. The van der Waals surface area contributed by atoms with Crippen LogP contribution in [-0.4, -0.2) is 17.6 Å². The van der Waals surface area contributed by atoms with Crippen LogP contribution in [-0.2, 0) is 6.54 Å². The van der Waals surface area contributed by atoms with Gasteiger partial charge in [-0.1, -0.05) is 0 Å². The first kappa shape index (κ1) is 14.7. The summed E-state index contributed by atoms with van der Waals surface area (Å²) >= 11 is 1.70. The lowest BCUT2D eigenvalue weighted by molar-refractivity contribution is 0.125. The quantitative estimate of drug-likeness (QED) is 0.936. The Balaban J connectivity index is 2.18. The molecule has 0 aromatic carbocycles. The fourth-order valence-corrected chi connectivity index (χ4v) is 2.42. The monoisotopic (exact) mass is 291 g/mol. The van der Waals surface area contributed by atoms with E-state index in [4.69, 9.17) is 10.5 Å². The molecule has 0 radical (unpaired) electrons. The van der Waals surface area contributed by atoms with Gasteiger partial charge < -0.3 is 15.4 Å². The lowest BCUT2D eigenvalue weighted by atomic mass is 10.2. The van der Waals surface area contributed by atoms with Gasteiger partial charge in [0.1, 0.15) is 11.4 Å². The third kappa shape index (κ3) is 3.87. The summed E-state index contributed by atoms with van der Waals surface area (Å²) in [6.45, 7) is 6.76. The van der Waals surface area contributed by atoms with Crippen LogP contribution >= 0.6 is 11.3 Å². The van der Waals surface area contributed by atoms with E-state index in [-0.39, 0.29) is 5.60 Å². The molecular formula is C15H21N3OS. The zero-order valence-corrected chi connectivity index (χ0v) is 13.2. The Kier molecular flexibility index (Phi) is 4.18. The van der Waals surface area contributed by atoms with Crippen molar-refractivity contribution in [1.82, 2.24) is 4.98 Å². The highest BCUT2D eigenvalue weighted by Gasteiger charge is 2.16. The SMILES string of the molecule is CN(Cc1ccsc1)c1ccc(N)c(OC(C)(C)C)n1. The van der Waals surface area contributed by atoms with Crippen LogP contribution in [0, 0.1) is 0 Å². The number of ether oxygens (including phenoxy) is 1. The number of nitrogens with zero attached hydrogens (tertiary/aromatic N) is 2. The molecule has 2 aromatic rings. The lowest BCUT2D eigenvalue weighted by Crippen LogP contribution is -2.25. The summed E-state index contributed by atoms with van der Waals surface area (Å²) in [7, 11) is 2.01. The standard InChI is InChI=1S/C15H21N3OS/c1-15(2,3)19-14-12(16)5-6-13(17-14)18(4)9-11-7-8-20-10-11/h5-8,10H,9,16H2,1-4H3. The molecule has 0 aliphatic heterocycles. The van der Waals surface area contributed by atoms with Gasteiger partial charge in [0.15, 0.2) is 0 Å². The molecule has 0 saturated heterocycles. The van der Waals surface area contributed by atoms with E-state index in [2.05, 4.69) is 26.7 Å². The number of thiophene rings is 1. The molecule has 0 saturated carbocycles. The van der Waals surface area contributed by atoms with Gasteiger partial charge in [0.2, 0.25) is 5.88 Å². The zero-order chi connectivity index (χ0) is 14.8. The lowest BCUT2D eigenvalue weighted by Gasteiger charge is -2.23. The molecule has 0 aliphatic carbocycles. The molecular weight excluding hydrogens is 270 g/mol. The molecule has 5 heteroatoms. The first-order valence-corrected chi connectivity index (χ1v) is 7.47. The van der Waals surface area contributed by atoms with Crippen molar-refractivity contribution in [2.24, 2.45) is 0 Å². The third-order valence-electron chi connectivity index (χ3n) is 2.67. The molecule has 0 bridgehead atoms. The Morgan fingerprint density at radius 3 is 2.65 bits per heavy atom. The molecule has 0 unspecified atom stereocenters. The minimum atomic E-state index is -0.314. The second kappa shape index (κ2) is 5.71. The topological polar surface area (TPSA) is 51.4 Å². The number of pyridine rings is 1. The minimum absolute atomic E-state index is 0.314. The fraction of sp³-hybridized carbons (Fsp3) is 0.400. The molecule has 0 spiro atoms. The largest absolute Gasteiger partial charge is 0.470 e. The average molecular weight is 291 g/mol. The van der Waals surface area contributed by atoms with Gasteiger partial charge in [-0.3, -0.25) is 0 Å². The third-order valence-corrected chi connectivity index (χ3v) is 3.40. The molecule has 2 N–H and O–H groups in total. The predicted octanol–water partition coefficient (Wildman–Crippen LogP) is 3.54. The Labute approximate surface area is 124 Å². The van der Waals surface area contributed by atoms with Gasteiger partial charge in [-0.05, 0) is 55.3 Å². The summed E-state index contributed by atoms with van der Waals surface area (Å²) in [6.07, 6.45) is 0. The van der Waals surface area contributed by atoms with Crippen LogP contribution in [0.5, 0.6) is 5.88 Å². The van der Waals surface area contributed by atoms with Gasteiger partial charge >= 0.3 is 0 Å². The van der Waals surface area contributed by atoms with E-state index in [0.717, 1.165) is 12.4 Å². The van der Waals surface area contributed by atoms with Crippen LogP contribution in [0.15, 0.2) is 29.0 Å². The van der Waals surface area contributed by atoms with E-state index in [1.807, 2.05) is 40.0 Å². The van der Waals surface area contributed by atoms with Crippen molar-refractivity contribution < 1.29 is 4.74 Å². The summed E-state index contributed by atoms with van der Waals surface area (Å²) < 4.78 is 5.80. The maximum atomic E-state index is 5.93. The van der Waals surface area contributed by atoms with E-state index < -0.39 is 0 Å². The molecule has 108 valence electrons. The van der Waals surface area contributed by atoms with Gasteiger partial charge in [0.05, 0.1) is 5.69 Å². The average Bonchev–Trinajstić information content (AvgIpc) is 2.83. The first-order valence-electron chi connectivity index (χ1n) is 6.53. The molecule has 20 heavy (non-hydrogen) atoms. The number of rotatable bonds is 4. The molecule has 0 atom stereocenters. The second-order valence-electron chi connectivity index (χ2n) is 5.77. The summed E-state index contributed by atoms with van der Waals surface area (Å²) in [5, 5.41) is 4.22. The van der Waals surface area contributed by atoms with Crippen LogP contribution in [0.1, 0.15) is 26.3 Å². The van der Waals surface area contributed by atoms with Crippen LogP contribution < -0.4 is 15.4 Å². The van der Waals surface area contributed by atoms with Crippen molar-refractivity contribution in [2.45, 2.75) is 32.9 Å². The molecule has 2 rings (SSSR count). The number of nitrogen functional groups attached to an aromatic ring is 1. The number of aromatic nitrogens is 1. The number of nitrogens with two attached hydrogens (primary N) is 1. The Morgan fingerprint density at radius 2 is 2.05 bits per heavy atom. The van der Waals surface area contributed by atoms with Gasteiger partial charge in [-0.25, -0.2) is 0 Å². The van der Waals surface area contributed by atoms with Crippen molar-refractivity contribution in [3.05, 3.63) is 34.5 Å². The predicted molar refractivity (Wildman–Crippen MR) is 85.5 cm³/mol. The number of anilines is 2. The fourth-order valence-electron chi connectivity index (χ4n) is 1.76. The van der Waals surface area contributed by atoms with Crippen molar-refractivity contribution in [3.8, 4) is 5.88 Å². The van der Waals surface area contributed by atoms with Crippen LogP contribution in [0.3, 0.4) is 0 Å². The molecule has 0 aliphatic rings. The van der Waals surface area contributed by atoms with Gasteiger partial charge in [0.25, 0.3) is 0 Å². The molecule has 2 heterocycles.